The van der Waals surface area contributed by atoms with E-state index in [0.717, 1.165) is 30.0 Å². The average Bonchev–Trinajstić information content (AvgIpc) is 2.77. The Labute approximate surface area is 116 Å². The molecule has 2 atom stereocenters. The molecule has 0 aromatic heterocycles. The zero-order valence-electron chi connectivity index (χ0n) is 10.8. The number of hydrogen-bond acceptors (Lipinski definition) is 2. The topological polar surface area (TPSA) is 12.0 Å². The van der Waals surface area contributed by atoms with Crippen LogP contribution in [0.4, 0.5) is 13.2 Å². The van der Waals surface area contributed by atoms with Gasteiger partial charge in [0.15, 0.2) is 0 Å². The molecule has 1 aliphatic rings. The summed E-state index contributed by atoms with van der Waals surface area (Å²) in [5, 5.41) is 3.45. The molecule has 1 fully saturated rings. The zero-order valence-corrected chi connectivity index (χ0v) is 11.7. The van der Waals surface area contributed by atoms with Crippen LogP contribution in [0.1, 0.15) is 18.1 Å². The molecule has 0 spiro atoms. The second-order valence-corrected chi connectivity index (χ2v) is 5.94. The first-order valence-corrected chi connectivity index (χ1v) is 7.63. The second kappa shape index (κ2) is 6.18. The molecule has 106 valence electrons. The lowest BCUT2D eigenvalue weighted by atomic mass is 9.94. The Hall–Kier alpha value is -0.680. The fraction of sp³-hybridized carbons (Fsp3) is 0.571. The van der Waals surface area contributed by atoms with Gasteiger partial charge in [-0.1, -0.05) is 19.1 Å². The molecule has 0 bridgehead atoms. The van der Waals surface area contributed by atoms with Gasteiger partial charge in [-0.2, -0.15) is 24.9 Å². The summed E-state index contributed by atoms with van der Waals surface area (Å²) < 4.78 is 37.4. The number of hydrogen-bond donors (Lipinski definition) is 1. The van der Waals surface area contributed by atoms with E-state index in [1.165, 1.54) is 12.1 Å². The summed E-state index contributed by atoms with van der Waals surface area (Å²) in [7, 11) is 0. The summed E-state index contributed by atoms with van der Waals surface area (Å²) >= 11 is 1.91. The Morgan fingerprint density at radius 2 is 1.89 bits per heavy atom. The van der Waals surface area contributed by atoms with Crippen LogP contribution in [0.5, 0.6) is 0 Å². The van der Waals surface area contributed by atoms with Gasteiger partial charge in [-0.25, -0.2) is 0 Å². The minimum Gasteiger partial charge on any atom is -0.313 e. The van der Waals surface area contributed by atoms with Gasteiger partial charge in [0.25, 0.3) is 0 Å². The Morgan fingerprint density at radius 1 is 1.21 bits per heavy atom. The number of alkyl halides is 3. The standard InChI is InChI=1S/C14H18F3NS/c1-2-18-13-9-19-8-11(13)7-10-3-5-12(6-4-10)14(15,16)17/h3-6,11,13,18H,2,7-9H2,1H3. The molecule has 0 saturated carbocycles. The van der Waals surface area contributed by atoms with Gasteiger partial charge in [-0.05, 0) is 42.3 Å². The monoisotopic (exact) mass is 289 g/mol. The highest BCUT2D eigenvalue weighted by molar-refractivity contribution is 7.99. The van der Waals surface area contributed by atoms with Crippen molar-refractivity contribution in [3.05, 3.63) is 35.4 Å². The van der Waals surface area contributed by atoms with Crippen molar-refractivity contribution < 1.29 is 13.2 Å². The molecule has 1 aromatic carbocycles. The van der Waals surface area contributed by atoms with E-state index < -0.39 is 11.7 Å². The van der Waals surface area contributed by atoms with Crippen molar-refractivity contribution in [2.75, 3.05) is 18.1 Å². The predicted molar refractivity (Wildman–Crippen MR) is 73.4 cm³/mol. The normalized spacial score (nSPS) is 23.8. The number of halogens is 3. The lowest BCUT2D eigenvalue weighted by molar-refractivity contribution is -0.137. The number of nitrogens with one attached hydrogen (secondary N) is 1. The van der Waals surface area contributed by atoms with Crippen molar-refractivity contribution in [2.24, 2.45) is 5.92 Å². The van der Waals surface area contributed by atoms with Gasteiger partial charge in [-0.3, -0.25) is 0 Å². The van der Waals surface area contributed by atoms with E-state index in [0.29, 0.717) is 12.0 Å². The molecule has 1 saturated heterocycles. The van der Waals surface area contributed by atoms with Crippen LogP contribution < -0.4 is 5.32 Å². The Bertz CT molecular complexity index is 402. The lowest BCUT2D eigenvalue weighted by Gasteiger charge is -2.19. The van der Waals surface area contributed by atoms with Gasteiger partial charge in [0.1, 0.15) is 0 Å². The quantitative estimate of drug-likeness (QED) is 0.909. The molecular weight excluding hydrogens is 271 g/mol. The third-order valence-corrected chi connectivity index (χ3v) is 4.70. The summed E-state index contributed by atoms with van der Waals surface area (Å²) in [6.45, 7) is 3.02. The van der Waals surface area contributed by atoms with E-state index in [2.05, 4.69) is 12.2 Å². The summed E-state index contributed by atoms with van der Waals surface area (Å²) in [6, 6.07) is 6.06. The molecule has 5 heteroatoms. The van der Waals surface area contributed by atoms with E-state index >= 15 is 0 Å². The Morgan fingerprint density at radius 3 is 2.47 bits per heavy atom. The van der Waals surface area contributed by atoms with Gasteiger partial charge in [0.05, 0.1) is 5.56 Å². The van der Waals surface area contributed by atoms with Gasteiger partial charge < -0.3 is 5.32 Å². The summed E-state index contributed by atoms with van der Waals surface area (Å²) in [6.07, 6.45) is -3.39. The molecule has 0 amide bonds. The first kappa shape index (κ1) is 14.7. The molecular formula is C14H18F3NS. The van der Waals surface area contributed by atoms with Crippen molar-refractivity contribution in [3.63, 3.8) is 0 Å². The third kappa shape index (κ3) is 3.89. The van der Waals surface area contributed by atoms with Crippen LogP contribution in [0.2, 0.25) is 0 Å². The molecule has 1 heterocycles. The Kier molecular flexibility index (Phi) is 4.79. The third-order valence-electron chi connectivity index (χ3n) is 3.44. The molecule has 1 N–H and O–H groups in total. The fourth-order valence-corrected chi connectivity index (χ4v) is 3.85. The Balaban J connectivity index is 1.99. The van der Waals surface area contributed by atoms with Crippen molar-refractivity contribution in [1.82, 2.24) is 5.32 Å². The maximum atomic E-state index is 12.5. The van der Waals surface area contributed by atoms with Crippen molar-refractivity contribution in [1.29, 1.82) is 0 Å². The molecule has 1 aliphatic heterocycles. The second-order valence-electron chi connectivity index (χ2n) is 4.86. The number of benzene rings is 1. The first-order chi connectivity index (χ1) is 9.00. The van der Waals surface area contributed by atoms with E-state index in [4.69, 9.17) is 0 Å². The van der Waals surface area contributed by atoms with E-state index in [-0.39, 0.29) is 0 Å². The van der Waals surface area contributed by atoms with Gasteiger partial charge >= 0.3 is 6.18 Å². The van der Waals surface area contributed by atoms with Gasteiger partial charge in [0.2, 0.25) is 0 Å². The van der Waals surface area contributed by atoms with Crippen molar-refractivity contribution in [3.8, 4) is 0 Å². The van der Waals surface area contributed by atoms with Gasteiger partial charge in [-0.15, -0.1) is 0 Å². The van der Waals surface area contributed by atoms with E-state index in [1.54, 1.807) is 12.1 Å². The zero-order chi connectivity index (χ0) is 13.9. The number of thioether (sulfide) groups is 1. The first-order valence-electron chi connectivity index (χ1n) is 6.48. The minimum absolute atomic E-state index is 0.484. The molecule has 0 radical (unpaired) electrons. The van der Waals surface area contributed by atoms with Crippen LogP contribution in [-0.2, 0) is 12.6 Å². The van der Waals surface area contributed by atoms with Gasteiger partial charge in [0, 0.05) is 11.8 Å². The van der Waals surface area contributed by atoms with E-state index in [9.17, 15) is 13.2 Å². The molecule has 2 unspecified atom stereocenters. The largest absolute Gasteiger partial charge is 0.416 e. The highest BCUT2D eigenvalue weighted by Crippen LogP contribution is 2.31. The smallest absolute Gasteiger partial charge is 0.313 e. The highest BCUT2D eigenvalue weighted by Gasteiger charge is 2.30. The molecule has 1 aromatic rings. The maximum absolute atomic E-state index is 12.5. The summed E-state index contributed by atoms with van der Waals surface area (Å²) in [4.78, 5) is 0. The van der Waals surface area contributed by atoms with Crippen LogP contribution in [0.15, 0.2) is 24.3 Å². The highest BCUT2D eigenvalue weighted by atomic mass is 32.2. The maximum Gasteiger partial charge on any atom is 0.416 e. The van der Waals surface area contributed by atoms with Crippen molar-refractivity contribution >= 4 is 11.8 Å². The molecule has 2 rings (SSSR count). The van der Waals surface area contributed by atoms with Crippen LogP contribution in [0.3, 0.4) is 0 Å². The molecule has 1 nitrogen and oxygen atoms in total. The average molecular weight is 289 g/mol. The van der Waals surface area contributed by atoms with Crippen LogP contribution in [-0.4, -0.2) is 24.1 Å². The molecule has 19 heavy (non-hydrogen) atoms. The number of rotatable bonds is 4. The summed E-state index contributed by atoms with van der Waals surface area (Å²) in [5.74, 6) is 2.69. The minimum atomic E-state index is -4.24. The fourth-order valence-electron chi connectivity index (χ4n) is 2.42. The molecule has 0 aliphatic carbocycles. The van der Waals surface area contributed by atoms with Crippen LogP contribution in [0.25, 0.3) is 0 Å². The van der Waals surface area contributed by atoms with Crippen LogP contribution in [0, 0.1) is 5.92 Å². The van der Waals surface area contributed by atoms with E-state index in [1.807, 2.05) is 11.8 Å². The SMILES string of the molecule is CCNC1CSCC1Cc1ccc(C(F)(F)F)cc1. The predicted octanol–water partition coefficient (Wildman–Crippen LogP) is 3.59. The van der Waals surface area contributed by atoms with Crippen molar-refractivity contribution in [2.45, 2.75) is 25.6 Å². The summed E-state index contributed by atoms with van der Waals surface area (Å²) in [5.41, 5.74) is 0.420. The van der Waals surface area contributed by atoms with Crippen LogP contribution >= 0.6 is 11.8 Å². The lowest BCUT2D eigenvalue weighted by Crippen LogP contribution is -2.36.